The van der Waals surface area contributed by atoms with E-state index in [-0.39, 0.29) is 4.85 Å². The fourth-order valence-electron chi connectivity index (χ4n) is 0.372. The molecule has 8 heavy (non-hydrogen) atoms. The Morgan fingerprint density at radius 2 is 2.38 bits per heavy atom. The second-order valence-electron chi connectivity index (χ2n) is 1.29. The Labute approximate surface area is 43.7 Å². The van der Waals surface area contributed by atoms with Crippen LogP contribution in [0.5, 0.6) is 5.88 Å². The van der Waals surface area contributed by atoms with Gasteiger partial charge in [-0.05, 0) is 0 Å². The average Bonchev–Trinajstić information content (AvgIpc) is 1.85. The van der Waals surface area contributed by atoms with E-state index in [2.05, 4.69) is 0 Å². The largest absolute Gasteiger partial charge is 0.491 e. The SMILES string of the molecule is O=c1cc(O)n(O)[nH]1. The maximum absolute atomic E-state index is 10.1. The fraction of sp³-hybridized carbons (Fsp3) is 0. The van der Waals surface area contributed by atoms with Crippen LogP contribution in [0.4, 0.5) is 0 Å². The number of aromatic nitrogens is 2. The van der Waals surface area contributed by atoms with Crippen molar-refractivity contribution in [1.29, 1.82) is 0 Å². The van der Waals surface area contributed by atoms with Gasteiger partial charge in [-0.2, -0.15) is 0 Å². The van der Waals surface area contributed by atoms with Crippen molar-refractivity contribution in [3.8, 4) is 5.88 Å². The molecule has 5 nitrogen and oxygen atoms in total. The maximum Gasteiger partial charge on any atom is 0.270 e. The summed E-state index contributed by atoms with van der Waals surface area (Å²) in [7, 11) is 0. The lowest BCUT2D eigenvalue weighted by Crippen LogP contribution is -2.01. The van der Waals surface area contributed by atoms with E-state index in [0.717, 1.165) is 6.07 Å². The van der Waals surface area contributed by atoms with Crippen LogP contribution < -0.4 is 5.56 Å². The molecule has 0 amide bonds. The fourth-order valence-corrected chi connectivity index (χ4v) is 0.372. The molecule has 0 spiro atoms. The molecule has 0 saturated heterocycles. The van der Waals surface area contributed by atoms with E-state index < -0.39 is 11.4 Å². The molecular weight excluding hydrogens is 112 g/mol. The van der Waals surface area contributed by atoms with Gasteiger partial charge in [0.2, 0.25) is 5.88 Å². The van der Waals surface area contributed by atoms with Crippen LogP contribution in [0, 0.1) is 0 Å². The van der Waals surface area contributed by atoms with Gasteiger partial charge in [0.15, 0.2) is 0 Å². The topological polar surface area (TPSA) is 78.2 Å². The standard InChI is InChI=1S/C3H4N2O3/c6-2-1-3(7)5(8)4-2/h1,7-8H,(H,4,6). The Morgan fingerprint density at radius 1 is 1.75 bits per heavy atom. The van der Waals surface area contributed by atoms with E-state index >= 15 is 0 Å². The molecule has 0 unspecified atom stereocenters. The Kier molecular flexibility index (Phi) is 0.768. The van der Waals surface area contributed by atoms with Gasteiger partial charge < -0.3 is 10.3 Å². The van der Waals surface area contributed by atoms with E-state index in [0.29, 0.717) is 0 Å². The molecule has 0 atom stereocenters. The minimum atomic E-state index is -0.537. The highest BCUT2D eigenvalue weighted by molar-refractivity contribution is 5.02. The third-order valence-electron chi connectivity index (χ3n) is 0.693. The zero-order valence-electron chi connectivity index (χ0n) is 3.83. The third-order valence-corrected chi connectivity index (χ3v) is 0.693. The van der Waals surface area contributed by atoms with E-state index in [4.69, 9.17) is 10.3 Å². The monoisotopic (exact) mass is 116 g/mol. The van der Waals surface area contributed by atoms with E-state index in [1.165, 1.54) is 0 Å². The van der Waals surface area contributed by atoms with Crippen LogP contribution in [0.1, 0.15) is 0 Å². The third kappa shape index (κ3) is 0.534. The van der Waals surface area contributed by atoms with Gasteiger partial charge in [-0.25, -0.2) is 5.10 Å². The predicted octanol–water partition coefficient (Wildman–Crippen LogP) is -0.881. The van der Waals surface area contributed by atoms with Crippen molar-refractivity contribution in [3.63, 3.8) is 0 Å². The number of nitrogens with zero attached hydrogens (tertiary/aromatic N) is 1. The van der Waals surface area contributed by atoms with Crippen molar-refractivity contribution in [3.05, 3.63) is 16.4 Å². The number of aromatic hydroxyl groups is 1. The average molecular weight is 116 g/mol. The summed E-state index contributed by atoms with van der Waals surface area (Å²) in [6.07, 6.45) is 0. The van der Waals surface area contributed by atoms with E-state index in [1.807, 2.05) is 5.10 Å². The van der Waals surface area contributed by atoms with Crippen LogP contribution >= 0.6 is 0 Å². The lowest BCUT2D eigenvalue weighted by Gasteiger charge is -1.86. The molecule has 0 fully saturated rings. The van der Waals surface area contributed by atoms with Gasteiger partial charge in [0.1, 0.15) is 0 Å². The second-order valence-corrected chi connectivity index (χ2v) is 1.29. The summed E-state index contributed by atoms with van der Waals surface area (Å²) < 4.78 is 0. The first-order valence-corrected chi connectivity index (χ1v) is 1.90. The molecule has 1 heterocycles. The maximum atomic E-state index is 10.1. The molecule has 0 aromatic carbocycles. The molecule has 0 aliphatic rings. The van der Waals surface area contributed by atoms with Crippen LogP contribution in [0.3, 0.4) is 0 Å². The highest BCUT2D eigenvalue weighted by Gasteiger charge is 1.95. The highest BCUT2D eigenvalue weighted by Crippen LogP contribution is 1.96. The van der Waals surface area contributed by atoms with Gasteiger partial charge in [-0.1, -0.05) is 4.85 Å². The Hall–Kier alpha value is -1.39. The summed E-state index contributed by atoms with van der Waals surface area (Å²) >= 11 is 0. The first-order valence-electron chi connectivity index (χ1n) is 1.90. The van der Waals surface area contributed by atoms with Crippen LogP contribution in [0.25, 0.3) is 0 Å². The lowest BCUT2D eigenvalue weighted by molar-refractivity contribution is 0.120. The summed E-state index contributed by atoms with van der Waals surface area (Å²) in [5, 5.41) is 18.6. The zero-order chi connectivity index (χ0) is 6.15. The zero-order valence-corrected chi connectivity index (χ0v) is 3.83. The van der Waals surface area contributed by atoms with Gasteiger partial charge >= 0.3 is 0 Å². The summed E-state index contributed by atoms with van der Waals surface area (Å²) in [4.78, 5) is 10.4. The smallest absolute Gasteiger partial charge is 0.270 e. The number of hydrogen-bond acceptors (Lipinski definition) is 3. The molecule has 1 aromatic heterocycles. The van der Waals surface area contributed by atoms with Gasteiger partial charge in [0.25, 0.3) is 5.56 Å². The van der Waals surface area contributed by atoms with Crippen LogP contribution in [0.15, 0.2) is 10.9 Å². The van der Waals surface area contributed by atoms with Crippen LogP contribution in [-0.2, 0) is 0 Å². The minimum absolute atomic E-state index is 0.238. The first kappa shape index (κ1) is 4.76. The molecule has 0 bridgehead atoms. The molecular formula is C3H4N2O3. The summed E-state index contributed by atoms with van der Waals surface area (Å²) in [6.45, 7) is 0. The van der Waals surface area contributed by atoms with Crippen molar-refractivity contribution < 1.29 is 10.3 Å². The molecule has 44 valence electrons. The van der Waals surface area contributed by atoms with Crippen molar-refractivity contribution >= 4 is 0 Å². The van der Waals surface area contributed by atoms with E-state index in [9.17, 15) is 4.79 Å². The molecule has 0 aliphatic carbocycles. The van der Waals surface area contributed by atoms with E-state index in [1.54, 1.807) is 0 Å². The van der Waals surface area contributed by atoms with Crippen LogP contribution in [-0.4, -0.2) is 20.3 Å². The van der Waals surface area contributed by atoms with Crippen LogP contribution in [0.2, 0.25) is 0 Å². The summed E-state index contributed by atoms with van der Waals surface area (Å²) in [5.41, 5.74) is -0.537. The quantitative estimate of drug-likeness (QED) is 0.385. The minimum Gasteiger partial charge on any atom is -0.491 e. The highest BCUT2D eigenvalue weighted by atomic mass is 16.5. The van der Waals surface area contributed by atoms with Gasteiger partial charge in [-0.15, -0.1) is 0 Å². The normalized spacial score (nSPS) is 9.50. The molecule has 1 rings (SSSR count). The van der Waals surface area contributed by atoms with Crippen molar-refractivity contribution in [2.75, 3.05) is 0 Å². The number of nitrogens with one attached hydrogen (secondary N) is 1. The Bertz CT molecular complexity index is 212. The van der Waals surface area contributed by atoms with Gasteiger partial charge in [0.05, 0.1) is 6.07 Å². The molecule has 0 aliphatic heterocycles. The second kappa shape index (κ2) is 1.29. The van der Waals surface area contributed by atoms with Crippen molar-refractivity contribution in [2.24, 2.45) is 0 Å². The Morgan fingerprint density at radius 3 is 2.50 bits per heavy atom. The molecule has 1 aromatic rings. The number of rotatable bonds is 0. The molecule has 0 saturated carbocycles. The van der Waals surface area contributed by atoms with Crippen molar-refractivity contribution in [1.82, 2.24) is 9.94 Å². The lowest BCUT2D eigenvalue weighted by atomic mass is 10.7. The molecule has 5 heteroatoms. The predicted molar refractivity (Wildman–Crippen MR) is 23.9 cm³/mol. The number of aromatic amines is 1. The molecule has 0 radical (unpaired) electrons. The van der Waals surface area contributed by atoms with Gasteiger partial charge in [-0.3, -0.25) is 4.79 Å². The van der Waals surface area contributed by atoms with Crippen molar-refractivity contribution in [2.45, 2.75) is 0 Å². The number of H-pyrrole nitrogens is 1. The number of hydrogen-bond donors (Lipinski definition) is 3. The summed E-state index contributed by atoms with van der Waals surface area (Å²) in [6, 6.07) is 0.861. The Balaban J connectivity index is 3.35. The summed E-state index contributed by atoms with van der Waals surface area (Å²) in [5.74, 6) is -0.491. The molecule has 3 N–H and O–H groups in total. The first-order chi connectivity index (χ1) is 3.70. The van der Waals surface area contributed by atoms with Gasteiger partial charge in [0, 0.05) is 0 Å².